The molecule has 0 saturated heterocycles. The van der Waals surface area contributed by atoms with Crippen LogP contribution in [-0.2, 0) is 6.42 Å². The molecule has 0 radical (unpaired) electrons. The van der Waals surface area contributed by atoms with Crippen molar-refractivity contribution in [3.63, 3.8) is 0 Å². The first-order valence-corrected chi connectivity index (χ1v) is 8.29. The van der Waals surface area contributed by atoms with E-state index in [1.165, 1.54) is 6.07 Å². The Morgan fingerprint density at radius 1 is 1.20 bits per heavy atom. The van der Waals surface area contributed by atoms with Gasteiger partial charge >= 0.3 is 6.03 Å². The molecule has 0 fully saturated rings. The number of hydrogen-bond donors (Lipinski definition) is 1. The highest BCUT2D eigenvalue weighted by Gasteiger charge is 2.20. The fourth-order valence-corrected chi connectivity index (χ4v) is 2.70. The summed E-state index contributed by atoms with van der Waals surface area (Å²) >= 11 is 0. The Morgan fingerprint density at radius 3 is 2.68 bits per heavy atom. The summed E-state index contributed by atoms with van der Waals surface area (Å²) in [5, 5.41) is 3.83. The molecule has 2 aromatic carbocycles. The molecule has 130 valence electrons. The van der Waals surface area contributed by atoms with Crippen LogP contribution in [-0.4, -0.2) is 24.5 Å². The predicted molar refractivity (Wildman–Crippen MR) is 95.9 cm³/mol. The molecule has 3 rings (SSSR count). The third kappa shape index (κ3) is 3.82. The average molecular weight is 340 g/mol. The van der Waals surface area contributed by atoms with Gasteiger partial charge in [-0.1, -0.05) is 36.4 Å². The Labute approximate surface area is 146 Å². The van der Waals surface area contributed by atoms with Gasteiger partial charge < -0.3 is 14.6 Å². The number of benzene rings is 2. The first-order valence-electron chi connectivity index (χ1n) is 8.29. The van der Waals surface area contributed by atoms with Crippen molar-refractivity contribution in [2.75, 3.05) is 13.6 Å². The molecule has 0 saturated carbocycles. The number of carbonyl (C=O) groups excluding carboxylic acids is 1. The average Bonchev–Trinajstić information content (AvgIpc) is 3.06. The van der Waals surface area contributed by atoms with Crippen LogP contribution in [0.2, 0.25) is 0 Å². The van der Waals surface area contributed by atoms with Gasteiger partial charge in [0.05, 0.1) is 6.04 Å². The second-order valence-corrected chi connectivity index (χ2v) is 6.05. The summed E-state index contributed by atoms with van der Waals surface area (Å²) in [6, 6.07) is 15.9. The van der Waals surface area contributed by atoms with Gasteiger partial charge in [0.25, 0.3) is 0 Å². The van der Waals surface area contributed by atoms with Crippen LogP contribution in [0.5, 0.6) is 0 Å². The summed E-state index contributed by atoms with van der Waals surface area (Å²) in [6.07, 6.45) is 0.450. The van der Waals surface area contributed by atoms with Gasteiger partial charge in [-0.05, 0) is 37.1 Å². The van der Waals surface area contributed by atoms with Gasteiger partial charge in [0, 0.05) is 19.0 Å². The number of fused-ring (bicyclic) bond motifs is 1. The third-order valence-corrected chi connectivity index (χ3v) is 4.39. The van der Waals surface area contributed by atoms with Gasteiger partial charge in [-0.2, -0.15) is 0 Å². The number of nitrogens with one attached hydrogen (secondary N) is 1. The summed E-state index contributed by atoms with van der Waals surface area (Å²) in [5.74, 6) is 0.480. The summed E-state index contributed by atoms with van der Waals surface area (Å²) < 4.78 is 19.4. The zero-order chi connectivity index (χ0) is 17.8. The van der Waals surface area contributed by atoms with E-state index >= 15 is 0 Å². The molecule has 1 unspecified atom stereocenters. The van der Waals surface area contributed by atoms with E-state index in [0.29, 0.717) is 18.5 Å². The van der Waals surface area contributed by atoms with E-state index in [1.54, 1.807) is 30.1 Å². The normalized spacial score (nSPS) is 12.1. The zero-order valence-electron chi connectivity index (χ0n) is 14.3. The Balaban J connectivity index is 1.58. The summed E-state index contributed by atoms with van der Waals surface area (Å²) in [6.45, 7) is 2.28. The Bertz CT molecular complexity index is 842. The molecule has 0 aliphatic heterocycles. The van der Waals surface area contributed by atoms with E-state index in [2.05, 4.69) is 5.32 Å². The molecule has 4 nitrogen and oxygen atoms in total. The van der Waals surface area contributed by atoms with Gasteiger partial charge in [-0.25, -0.2) is 9.18 Å². The highest BCUT2D eigenvalue weighted by molar-refractivity contribution is 5.78. The molecule has 1 heterocycles. The van der Waals surface area contributed by atoms with E-state index in [1.807, 2.05) is 37.3 Å². The number of hydrogen-bond acceptors (Lipinski definition) is 2. The fourth-order valence-electron chi connectivity index (χ4n) is 2.70. The van der Waals surface area contributed by atoms with Gasteiger partial charge in [-0.3, -0.25) is 0 Å². The van der Waals surface area contributed by atoms with Crippen molar-refractivity contribution in [2.45, 2.75) is 19.4 Å². The van der Waals surface area contributed by atoms with E-state index in [-0.39, 0.29) is 17.9 Å². The first kappa shape index (κ1) is 17.0. The summed E-state index contributed by atoms with van der Waals surface area (Å²) in [4.78, 5) is 13.9. The van der Waals surface area contributed by atoms with Crippen LogP contribution in [0.1, 0.15) is 24.3 Å². The Morgan fingerprint density at radius 2 is 1.92 bits per heavy atom. The van der Waals surface area contributed by atoms with Crippen LogP contribution in [0.3, 0.4) is 0 Å². The summed E-state index contributed by atoms with van der Waals surface area (Å²) in [5.41, 5.74) is 1.40. The topological polar surface area (TPSA) is 45.5 Å². The Hall–Kier alpha value is -2.82. The minimum Gasteiger partial charge on any atom is -0.459 e. The van der Waals surface area contributed by atoms with Gasteiger partial charge in [0.1, 0.15) is 17.2 Å². The molecule has 0 spiro atoms. The number of furan rings is 1. The maximum Gasteiger partial charge on any atom is 0.317 e. The number of amides is 2. The van der Waals surface area contributed by atoms with E-state index in [4.69, 9.17) is 4.42 Å². The van der Waals surface area contributed by atoms with E-state index in [0.717, 1.165) is 16.7 Å². The molecule has 25 heavy (non-hydrogen) atoms. The monoisotopic (exact) mass is 340 g/mol. The number of para-hydroxylation sites is 1. The van der Waals surface area contributed by atoms with Crippen LogP contribution in [0.4, 0.5) is 9.18 Å². The minimum absolute atomic E-state index is 0.208. The van der Waals surface area contributed by atoms with Crippen LogP contribution >= 0.6 is 0 Å². The number of nitrogens with zero attached hydrogens (tertiary/aromatic N) is 1. The molecule has 3 aromatic rings. The number of rotatable bonds is 5. The quantitative estimate of drug-likeness (QED) is 0.742. The second-order valence-electron chi connectivity index (χ2n) is 6.05. The first-order chi connectivity index (χ1) is 12.1. The van der Waals surface area contributed by atoms with Crippen molar-refractivity contribution in [1.29, 1.82) is 0 Å². The lowest BCUT2D eigenvalue weighted by atomic mass is 10.1. The number of halogens is 1. The molecular formula is C20H21FN2O2. The lowest BCUT2D eigenvalue weighted by Gasteiger charge is -2.23. The summed E-state index contributed by atoms with van der Waals surface area (Å²) in [7, 11) is 1.72. The molecule has 1 atom stereocenters. The fraction of sp³-hybridized carbons (Fsp3) is 0.250. The molecule has 0 aliphatic rings. The van der Waals surface area contributed by atoms with Crippen molar-refractivity contribution in [3.05, 3.63) is 71.7 Å². The van der Waals surface area contributed by atoms with Crippen molar-refractivity contribution in [3.8, 4) is 0 Å². The molecular weight excluding hydrogens is 319 g/mol. The van der Waals surface area contributed by atoms with Crippen molar-refractivity contribution in [2.24, 2.45) is 0 Å². The third-order valence-electron chi connectivity index (χ3n) is 4.39. The second kappa shape index (κ2) is 7.38. The molecule has 0 aliphatic carbocycles. The predicted octanol–water partition coefficient (Wildman–Crippen LogP) is 4.52. The standard InChI is InChI=1S/C20H21FN2O2/c1-14(19-13-16-8-4-6-10-18(16)25-19)23(2)20(24)22-12-11-15-7-3-5-9-17(15)21/h3-10,13-14H,11-12H2,1-2H3,(H,22,24). The van der Waals surface area contributed by atoms with Gasteiger partial charge in [0.2, 0.25) is 0 Å². The van der Waals surface area contributed by atoms with Crippen LogP contribution < -0.4 is 5.32 Å². The maximum atomic E-state index is 13.6. The van der Waals surface area contributed by atoms with Crippen LogP contribution in [0.15, 0.2) is 59.0 Å². The molecule has 0 bridgehead atoms. The van der Waals surface area contributed by atoms with Gasteiger partial charge in [0.15, 0.2) is 0 Å². The SMILES string of the molecule is CC(c1cc2ccccc2o1)N(C)C(=O)NCCc1ccccc1F. The molecule has 1 aromatic heterocycles. The highest BCUT2D eigenvalue weighted by Crippen LogP contribution is 2.26. The largest absolute Gasteiger partial charge is 0.459 e. The Kier molecular flexibility index (Phi) is 5.03. The van der Waals surface area contributed by atoms with Crippen molar-refractivity contribution in [1.82, 2.24) is 10.2 Å². The van der Waals surface area contributed by atoms with Crippen LogP contribution in [0, 0.1) is 5.82 Å². The lowest BCUT2D eigenvalue weighted by Crippen LogP contribution is -2.39. The maximum absolute atomic E-state index is 13.6. The lowest BCUT2D eigenvalue weighted by molar-refractivity contribution is 0.188. The number of urea groups is 1. The highest BCUT2D eigenvalue weighted by atomic mass is 19.1. The van der Waals surface area contributed by atoms with E-state index < -0.39 is 0 Å². The molecule has 1 N–H and O–H groups in total. The zero-order valence-corrected chi connectivity index (χ0v) is 14.3. The van der Waals surface area contributed by atoms with Crippen molar-refractivity contribution >= 4 is 17.0 Å². The van der Waals surface area contributed by atoms with Gasteiger partial charge in [-0.15, -0.1) is 0 Å². The van der Waals surface area contributed by atoms with Crippen LogP contribution in [0.25, 0.3) is 11.0 Å². The molecule has 5 heteroatoms. The molecule has 2 amide bonds. The van der Waals surface area contributed by atoms with Crippen molar-refractivity contribution < 1.29 is 13.6 Å². The minimum atomic E-state index is -0.249. The van der Waals surface area contributed by atoms with E-state index in [9.17, 15) is 9.18 Å². The number of carbonyl (C=O) groups is 1. The smallest absolute Gasteiger partial charge is 0.317 e.